The van der Waals surface area contributed by atoms with Crippen molar-refractivity contribution in [1.82, 2.24) is 0 Å². The Labute approximate surface area is 117 Å². The van der Waals surface area contributed by atoms with Crippen LogP contribution in [0.1, 0.15) is 11.9 Å². The molecule has 1 fully saturated rings. The van der Waals surface area contributed by atoms with E-state index in [4.69, 9.17) is 9.47 Å². The molecule has 0 N–H and O–H groups in total. The molecule has 2 aromatic carbocycles. The van der Waals surface area contributed by atoms with E-state index < -0.39 is 9.84 Å². The first-order valence-corrected chi connectivity index (χ1v) is 7.79. The van der Waals surface area contributed by atoms with Crippen molar-refractivity contribution in [3.8, 4) is 0 Å². The number of hydrogen-bond acceptors (Lipinski definition) is 4. The Balaban J connectivity index is 1.91. The fourth-order valence-corrected chi connectivity index (χ4v) is 3.37. The summed E-state index contributed by atoms with van der Waals surface area (Å²) in [7, 11) is -3.46. The van der Waals surface area contributed by atoms with Crippen LogP contribution in [0.15, 0.2) is 64.4 Å². The van der Waals surface area contributed by atoms with Crippen LogP contribution in [0, 0.1) is 0 Å². The zero-order valence-corrected chi connectivity index (χ0v) is 11.5. The van der Waals surface area contributed by atoms with E-state index in [1.807, 2.05) is 0 Å². The Morgan fingerprint density at radius 3 is 1.95 bits per heavy atom. The van der Waals surface area contributed by atoms with Crippen LogP contribution in [0.3, 0.4) is 0 Å². The normalized spacial score (nSPS) is 16.4. The van der Waals surface area contributed by atoms with Gasteiger partial charge >= 0.3 is 0 Å². The third-order valence-electron chi connectivity index (χ3n) is 3.14. The number of rotatable bonds is 3. The fraction of sp³-hybridized carbons (Fsp3) is 0.200. The van der Waals surface area contributed by atoms with Gasteiger partial charge in [-0.05, 0) is 24.3 Å². The molecule has 5 heteroatoms. The Kier molecular flexibility index (Phi) is 3.56. The van der Waals surface area contributed by atoms with Crippen LogP contribution in [0.2, 0.25) is 0 Å². The molecule has 4 nitrogen and oxygen atoms in total. The van der Waals surface area contributed by atoms with E-state index >= 15 is 0 Å². The monoisotopic (exact) mass is 290 g/mol. The van der Waals surface area contributed by atoms with Gasteiger partial charge in [0.05, 0.1) is 23.0 Å². The zero-order valence-electron chi connectivity index (χ0n) is 10.7. The van der Waals surface area contributed by atoms with Crippen LogP contribution in [0.5, 0.6) is 0 Å². The van der Waals surface area contributed by atoms with Gasteiger partial charge in [0.2, 0.25) is 9.84 Å². The maximum absolute atomic E-state index is 12.4. The molecular weight excluding hydrogens is 276 g/mol. The first-order chi connectivity index (χ1) is 9.68. The Hall–Kier alpha value is -1.69. The predicted molar refractivity (Wildman–Crippen MR) is 73.0 cm³/mol. The predicted octanol–water partition coefficient (Wildman–Crippen LogP) is 2.56. The highest BCUT2D eigenvalue weighted by Crippen LogP contribution is 2.26. The number of hydrogen-bond donors (Lipinski definition) is 0. The average molecular weight is 290 g/mol. The molecule has 1 aliphatic heterocycles. The molecule has 1 saturated heterocycles. The van der Waals surface area contributed by atoms with Crippen LogP contribution in [-0.4, -0.2) is 21.6 Å². The second-order valence-corrected chi connectivity index (χ2v) is 6.41. The minimum Gasteiger partial charge on any atom is -0.346 e. The Morgan fingerprint density at radius 2 is 1.35 bits per heavy atom. The molecule has 104 valence electrons. The summed E-state index contributed by atoms with van der Waals surface area (Å²) in [6.45, 7) is 1.13. The van der Waals surface area contributed by atoms with E-state index in [9.17, 15) is 8.42 Å². The topological polar surface area (TPSA) is 52.6 Å². The molecule has 0 aliphatic carbocycles. The molecule has 0 atom stereocenters. The number of sulfone groups is 1. The smallest absolute Gasteiger partial charge is 0.206 e. The van der Waals surface area contributed by atoms with Crippen molar-refractivity contribution >= 4 is 9.84 Å². The van der Waals surface area contributed by atoms with Gasteiger partial charge in [-0.2, -0.15) is 0 Å². The summed E-state index contributed by atoms with van der Waals surface area (Å²) < 4.78 is 35.6. The maximum atomic E-state index is 12.4. The van der Waals surface area contributed by atoms with Crippen LogP contribution >= 0.6 is 0 Å². The van der Waals surface area contributed by atoms with E-state index in [1.54, 1.807) is 54.6 Å². The number of benzene rings is 2. The lowest BCUT2D eigenvalue weighted by Gasteiger charge is -2.10. The fourth-order valence-electron chi connectivity index (χ4n) is 2.09. The van der Waals surface area contributed by atoms with Crippen LogP contribution in [-0.2, 0) is 19.3 Å². The standard InChI is InChI=1S/C15H14O4S/c16-20(17,13-4-2-1-3-5-13)14-8-6-12(7-9-14)15-18-10-11-19-15/h1-9,15H,10-11H2. The average Bonchev–Trinajstić information content (AvgIpc) is 3.02. The quantitative estimate of drug-likeness (QED) is 0.872. The van der Waals surface area contributed by atoms with Crippen LogP contribution < -0.4 is 0 Å². The molecule has 0 aromatic heterocycles. The van der Waals surface area contributed by atoms with Gasteiger partial charge in [-0.25, -0.2) is 8.42 Å². The lowest BCUT2D eigenvalue weighted by Crippen LogP contribution is -2.03. The van der Waals surface area contributed by atoms with Gasteiger partial charge in [-0.1, -0.05) is 30.3 Å². The lowest BCUT2D eigenvalue weighted by atomic mass is 10.2. The van der Waals surface area contributed by atoms with E-state index in [-0.39, 0.29) is 11.2 Å². The van der Waals surface area contributed by atoms with Gasteiger partial charge in [0.1, 0.15) is 0 Å². The van der Waals surface area contributed by atoms with E-state index in [2.05, 4.69) is 0 Å². The van der Waals surface area contributed by atoms with E-state index in [0.717, 1.165) is 5.56 Å². The summed E-state index contributed by atoms with van der Waals surface area (Å²) in [6.07, 6.45) is -0.386. The first-order valence-electron chi connectivity index (χ1n) is 6.31. The Morgan fingerprint density at radius 1 is 0.800 bits per heavy atom. The van der Waals surface area contributed by atoms with E-state index in [0.29, 0.717) is 18.1 Å². The minimum absolute atomic E-state index is 0.269. The molecule has 1 heterocycles. The SMILES string of the molecule is O=S(=O)(c1ccccc1)c1ccc(C2OCCO2)cc1. The second kappa shape index (κ2) is 5.36. The van der Waals surface area contributed by atoms with Crippen molar-refractivity contribution in [1.29, 1.82) is 0 Å². The molecule has 0 radical (unpaired) electrons. The summed E-state index contributed by atoms with van der Waals surface area (Å²) in [5, 5.41) is 0. The van der Waals surface area contributed by atoms with Crippen molar-refractivity contribution in [3.05, 3.63) is 60.2 Å². The summed E-state index contributed by atoms with van der Waals surface area (Å²) in [4.78, 5) is 0.562. The molecule has 20 heavy (non-hydrogen) atoms. The highest BCUT2D eigenvalue weighted by atomic mass is 32.2. The van der Waals surface area contributed by atoms with Gasteiger partial charge in [0.15, 0.2) is 6.29 Å². The molecule has 0 unspecified atom stereocenters. The van der Waals surface area contributed by atoms with Crippen molar-refractivity contribution in [2.45, 2.75) is 16.1 Å². The molecule has 1 aliphatic rings. The van der Waals surface area contributed by atoms with Gasteiger partial charge in [-0.3, -0.25) is 0 Å². The highest BCUT2D eigenvalue weighted by molar-refractivity contribution is 7.91. The third-order valence-corrected chi connectivity index (χ3v) is 4.92. The highest BCUT2D eigenvalue weighted by Gasteiger charge is 2.20. The second-order valence-electron chi connectivity index (χ2n) is 4.46. The molecule has 3 rings (SSSR count). The maximum Gasteiger partial charge on any atom is 0.206 e. The van der Waals surface area contributed by atoms with Crippen molar-refractivity contribution in [2.24, 2.45) is 0 Å². The van der Waals surface area contributed by atoms with Gasteiger partial charge < -0.3 is 9.47 Å². The summed E-state index contributed by atoms with van der Waals surface area (Å²) in [5.41, 5.74) is 0.828. The zero-order chi connectivity index (χ0) is 14.0. The molecule has 0 bridgehead atoms. The molecular formula is C15H14O4S. The third kappa shape index (κ3) is 2.47. The molecule has 0 spiro atoms. The summed E-state index contributed by atoms with van der Waals surface area (Å²) >= 11 is 0. The summed E-state index contributed by atoms with van der Waals surface area (Å²) in [5.74, 6) is 0. The number of ether oxygens (including phenoxy) is 2. The molecule has 0 saturated carbocycles. The molecule has 2 aromatic rings. The lowest BCUT2D eigenvalue weighted by molar-refractivity contribution is -0.0441. The minimum atomic E-state index is -3.46. The van der Waals surface area contributed by atoms with Crippen LogP contribution in [0.4, 0.5) is 0 Å². The van der Waals surface area contributed by atoms with Crippen LogP contribution in [0.25, 0.3) is 0 Å². The largest absolute Gasteiger partial charge is 0.346 e. The van der Waals surface area contributed by atoms with Crippen molar-refractivity contribution in [3.63, 3.8) is 0 Å². The van der Waals surface area contributed by atoms with E-state index in [1.165, 1.54) is 0 Å². The van der Waals surface area contributed by atoms with Gasteiger partial charge in [0.25, 0.3) is 0 Å². The first kappa shape index (κ1) is 13.3. The van der Waals surface area contributed by atoms with Crippen molar-refractivity contribution < 1.29 is 17.9 Å². The van der Waals surface area contributed by atoms with Gasteiger partial charge in [-0.15, -0.1) is 0 Å². The van der Waals surface area contributed by atoms with Crippen molar-refractivity contribution in [2.75, 3.05) is 13.2 Å². The van der Waals surface area contributed by atoms with Gasteiger partial charge in [0, 0.05) is 5.56 Å². The Bertz CT molecular complexity index is 672. The summed E-state index contributed by atoms with van der Waals surface area (Å²) in [6, 6.07) is 15.0. The molecule has 0 amide bonds.